The van der Waals surface area contributed by atoms with E-state index < -0.39 is 0 Å². The van der Waals surface area contributed by atoms with Crippen molar-refractivity contribution in [1.29, 1.82) is 0 Å². The van der Waals surface area contributed by atoms with Gasteiger partial charge in [0.1, 0.15) is 5.82 Å². The standard InChI is InChI=1S/C14H15FN2O/c1-9(7-17-10(2)18)13-6-12(15)5-11-3-4-16-8-14(11)13/h3-6,8-9H,7H2,1-2H3,(H,17,18). The third-order valence-corrected chi connectivity index (χ3v) is 2.94. The molecule has 1 amide bonds. The van der Waals surface area contributed by atoms with Crippen LogP contribution in [0, 0.1) is 5.82 Å². The van der Waals surface area contributed by atoms with Crippen LogP contribution in [0.4, 0.5) is 4.39 Å². The number of rotatable bonds is 3. The second-order valence-electron chi connectivity index (χ2n) is 4.43. The number of nitrogens with zero attached hydrogens (tertiary/aromatic N) is 1. The topological polar surface area (TPSA) is 42.0 Å². The highest BCUT2D eigenvalue weighted by atomic mass is 19.1. The molecule has 0 fully saturated rings. The molecule has 2 rings (SSSR count). The number of hydrogen-bond donors (Lipinski definition) is 1. The summed E-state index contributed by atoms with van der Waals surface area (Å²) in [6.45, 7) is 3.91. The van der Waals surface area contributed by atoms with Crippen LogP contribution in [0.15, 0.2) is 30.6 Å². The van der Waals surface area contributed by atoms with Crippen LogP contribution in [0.25, 0.3) is 10.8 Å². The van der Waals surface area contributed by atoms with Crippen LogP contribution in [-0.2, 0) is 4.79 Å². The number of carbonyl (C=O) groups excluding carboxylic acids is 1. The van der Waals surface area contributed by atoms with Gasteiger partial charge in [0, 0.05) is 31.2 Å². The first kappa shape index (κ1) is 12.5. The van der Waals surface area contributed by atoms with Gasteiger partial charge >= 0.3 is 0 Å². The van der Waals surface area contributed by atoms with Gasteiger partial charge in [-0.1, -0.05) is 6.92 Å². The van der Waals surface area contributed by atoms with E-state index in [0.29, 0.717) is 6.54 Å². The van der Waals surface area contributed by atoms with Crippen molar-refractivity contribution in [3.63, 3.8) is 0 Å². The van der Waals surface area contributed by atoms with Crippen LogP contribution in [0.1, 0.15) is 25.3 Å². The Bertz CT molecular complexity index is 583. The zero-order valence-electron chi connectivity index (χ0n) is 10.4. The predicted octanol–water partition coefficient (Wildman–Crippen LogP) is 2.61. The van der Waals surface area contributed by atoms with E-state index in [1.165, 1.54) is 19.1 Å². The molecule has 1 atom stereocenters. The number of fused-ring (bicyclic) bond motifs is 1. The van der Waals surface area contributed by atoms with Crippen LogP contribution in [0.5, 0.6) is 0 Å². The van der Waals surface area contributed by atoms with Gasteiger partial charge in [-0.15, -0.1) is 0 Å². The molecule has 1 unspecified atom stereocenters. The lowest BCUT2D eigenvalue weighted by Gasteiger charge is -2.15. The first-order valence-electron chi connectivity index (χ1n) is 5.85. The SMILES string of the molecule is CC(=O)NCC(C)c1cc(F)cc2ccncc12. The number of aromatic nitrogens is 1. The number of amides is 1. The smallest absolute Gasteiger partial charge is 0.216 e. The molecular formula is C14H15FN2O. The predicted molar refractivity (Wildman–Crippen MR) is 68.8 cm³/mol. The summed E-state index contributed by atoms with van der Waals surface area (Å²) >= 11 is 0. The van der Waals surface area contributed by atoms with E-state index >= 15 is 0 Å². The summed E-state index contributed by atoms with van der Waals surface area (Å²) in [5.74, 6) is -0.310. The molecule has 0 saturated carbocycles. The van der Waals surface area contributed by atoms with E-state index in [1.54, 1.807) is 18.5 Å². The zero-order chi connectivity index (χ0) is 13.1. The van der Waals surface area contributed by atoms with Gasteiger partial charge in [0.25, 0.3) is 0 Å². The highest BCUT2D eigenvalue weighted by Crippen LogP contribution is 2.25. The molecule has 18 heavy (non-hydrogen) atoms. The van der Waals surface area contributed by atoms with E-state index in [1.807, 2.05) is 6.92 Å². The maximum absolute atomic E-state index is 13.5. The second kappa shape index (κ2) is 5.12. The van der Waals surface area contributed by atoms with E-state index in [0.717, 1.165) is 16.3 Å². The minimum atomic E-state index is -0.265. The minimum Gasteiger partial charge on any atom is -0.356 e. The van der Waals surface area contributed by atoms with Crippen LogP contribution >= 0.6 is 0 Å². The summed E-state index contributed by atoms with van der Waals surface area (Å²) in [5.41, 5.74) is 0.867. The molecule has 3 nitrogen and oxygen atoms in total. The second-order valence-corrected chi connectivity index (χ2v) is 4.43. The third-order valence-electron chi connectivity index (χ3n) is 2.94. The number of benzene rings is 1. The Kier molecular flexibility index (Phi) is 3.55. The molecule has 1 aromatic heterocycles. The lowest BCUT2D eigenvalue weighted by Crippen LogP contribution is -2.24. The maximum atomic E-state index is 13.5. The maximum Gasteiger partial charge on any atom is 0.216 e. The van der Waals surface area contributed by atoms with Gasteiger partial charge in [0.15, 0.2) is 0 Å². The van der Waals surface area contributed by atoms with Crippen LogP contribution in [0.2, 0.25) is 0 Å². The molecular weight excluding hydrogens is 231 g/mol. The number of pyridine rings is 1. The summed E-state index contributed by atoms with van der Waals surface area (Å²) in [6.07, 6.45) is 3.37. The van der Waals surface area contributed by atoms with E-state index in [4.69, 9.17) is 0 Å². The van der Waals surface area contributed by atoms with Crippen molar-refractivity contribution in [2.24, 2.45) is 0 Å². The number of hydrogen-bond acceptors (Lipinski definition) is 2. The Balaban J connectivity index is 2.39. The average Bonchev–Trinajstić information content (AvgIpc) is 2.34. The number of halogens is 1. The van der Waals surface area contributed by atoms with Gasteiger partial charge in [-0.3, -0.25) is 9.78 Å². The average molecular weight is 246 g/mol. The van der Waals surface area contributed by atoms with Gasteiger partial charge < -0.3 is 5.32 Å². The molecule has 0 spiro atoms. The molecule has 0 aliphatic carbocycles. The van der Waals surface area contributed by atoms with Gasteiger partial charge in [-0.25, -0.2) is 4.39 Å². The lowest BCUT2D eigenvalue weighted by atomic mass is 9.95. The van der Waals surface area contributed by atoms with Crippen molar-refractivity contribution in [1.82, 2.24) is 10.3 Å². The van der Waals surface area contributed by atoms with Crippen LogP contribution in [-0.4, -0.2) is 17.4 Å². The summed E-state index contributed by atoms with van der Waals surface area (Å²) < 4.78 is 13.5. The minimum absolute atomic E-state index is 0.0382. The van der Waals surface area contributed by atoms with E-state index in [-0.39, 0.29) is 17.6 Å². The molecule has 0 saturated heterocycles. The Morgan fingerprint density at radius 1 is 1.50 bits per heavy atom. The molecule has 1 aromatic carbocycles. The number of nitrogens with one attached hydrogen (secondary N) is 1. The Labute approximate surface area is 105 Å². The van der Waals surface area contributed by atoms with Crippen molar-refractivity contribution in [2.75, 3.05) is 6.54 Å². The Hall–Kier alpha value is -1.97. The van der Waals surface area contributed by atoms with Crippen molar-refractivity contribution in [3.05, 3.63) is 42.0 Å². The Morgan fingerprint density at radius 2 is 2.28 bits per heavy atom. The first-order chi connectivity index (χ1) is 8.58. The van der Waals surface area contributed by atoms with Crippen molar-refractivity contribution >= 4 is 16.7 Å². The van der Waals surface area contributed by atoms with Crippen LogP contribution < -0.4 is 5.32 Å². The fourth-order valence-electron chi connectivity index (χ4n) is 2.00. The van der Waals surface area contributed by atoms with Crippen molar-refractivity contribution < 1.29 is 9.18 Å². The summed E-state index contributed by atoms with van der Waals surface area (Å²) in [6, 6.07) is 4.79. The molecule has 0 aliphatic rings. The highest BCUT2D eigenvalue weighted by Gasteiger charge is 2.12. The summed E-state index contributed by atoms with van der Waals surface area (Å²) in [4.78, 5) is 15.0. The molecule has 1 N–H and O–H groups in total. The third kappa shape index (κ3) is 2.64. The highest BCUT2D eigenvalue weighted by molar-refractivity contribution is 5.85. The first-order valence-corrected chi connectivity index (χ1v) is 5.85. The van der Waals surface area contributed by atoms with Gasteiger partial charge in [0.2, 0.25) is 5.91 Å². The van der Waals surface area contributed by atoms with Gasteiger partial charge in [0.05, 0.1) is 0 Å². The fraction of sp³-hybridized carbons (Fsp3) is 0.286. The quantitative estimate of drug-likeness (QED) is 0.904. The monoisotopic (exact) mass is 246 g/mol. The largest absolute Gasteiger partial charge is 0.356 e. The molecule has 4 heteroatoms. The van der Waals surface area contributed by atoms with Crippen molar-refractivity contribution in [3.8, 4) is 0 Å². The van der Waals surface area contributed by atoms with Gasteiger partial charge in [-0.2, -0.15) is 0 Å². The summed E-state index contributed by atoms with van der Waals surface area (Å²) in [5, 5.41) is 4.50. The molecule has 0 radical (unpaired) electrons. The summed E-state index contributed by atoms with van der Waals surface area (Å²) in [7, 11) is 0. The fourth-order valence-corrected chi connectivity index (χ4v) is 2.00. The normalized spacial score (nSPS) is 12.4. The molecule has 94 valence electrons. The van der Waals surface area contributed by atoms with Crippen LogP contribution in [0.3, 0.4) is 0 Å². The van der Waals surface area contributed by atoms with E-state index in [9.17, 15) is 9.18 Å². The van der Waals surface area contributed by atoms with Crippen molar-refractivity contribution in [2.45, 2.75) is 19.8 Å². The zero-order valence-corrected chi connectivity index (χ0v) is 10.4. The lowest BCUT2D eigenvalue weighted by molar-refractivity contribution is -0.119. The Morgan fingerprint density at radius 3 is 3.00 bits per heavy atom. The molecule has 0 aliphatic heterocycles. The molecule has 0 bridgehead atoms. The molecule has 2 aromatic rings. The van der Waals surface area contributed by atoms with E-state index in [2.05, 4.69) is 10.3 Å². The number of carbonyl (C=O) groups is 1. The molecule has 1 heterocycles. The van der Waals surface area contributed by atoms with Gasteiger partial charge in [-0.05, 0) is 35.1 Å².